The highest BCUT2D eigenvalue weighted by molar-refractivity contribution is 7.93. The molecule has 1 fully saturated rings. The Balaban J connectivity index is 1.36. The summed E-state index contributed by atoms with van der Waals surface area (Å²) in [4.78, 5) is 64.5. The van der Waals surface area contributed by atoms with E-state index in [1.54, 1.807) is 0 Å². The number of halogens is 11. The summed E-state index contributed by atoms with van der Waals surface area (Å²) in [5.41, 5.74) is -8.21. The first-order valence-corrected chi connectivity index (χ1v) is 28.7. The van der Waals surface area contributed by atoms with Crippen LogP contribution in [0.3, 0.4) is 0 Å². The molecular formula is C48H39ClF10N7O12PS2. The molecule has 1 unspecified atom stereocenters. The van der Waals surface area contributed by atoms with Crippen LogP contribution in [0.25, 0.3) is 22.0 Å². The Morgan fingerprint density at radius 1 is 0.926 bits per heavy atom. The molecule has 0 radical (unpaired) electrons. The molecule has 0 saturated heterocycles. The molecule has 3 aromatic carbocycles. The van der Waals surface area contributed by atoms with Gasteiger partial charge in [0.05, 0.1) is 45.0 Å². The number of hydrogen-bond donors (Lipinski definition) is 3. The molecule has 33 heteroatoms. The van der Waals surface area contributed by atoms with Crippen molar-refractivity contribution in [2.75, 3.05) is 23.6 Å². The summed E-state index contributed by atoms with van der Waals surface area (Å²) >= 11 is 6.70. The normalized spacial score (nSPS) is 16.5. The van der Waals surface area contributed by atoms with Gasteiger partial charge in [0.15, 0.2) is 21.3 Å². The third kappa shape index (κ3) is 12.6. The molecule has 81 heavy (non-hydrogen) atoms. The molecule has 0 bridgehead atoms. The lowest BCUT2D eigenvalue weighted by atomic mass is 9.93. The standard InChI is InChI=1S/C48H39ClF10N7O12PS2/c1-45(2,80(3,73)74)14-13-26-9-10-27(38(60-26)34(17-23-15-24(50)18-25(51)16-23)61-35(67)20-64-41-36(40(62-64)48(57,58)59)31-19-32(31)47(41,55)56)28-11-12-33(49)37-39(28)65(21-46(52,53)54)63-42(37)66(81(4,75)76)43(68)29-7-5-6-8-30(29)44(69)77-22-78-79(70,71)72/h5-12,15-16,18,31-32,34H,17,19-22H2,1-4H3,(H,61,67)(H2,70,71,72)/t31-,32+,34?/m0/s1. The second-order valence-corrected chi connectivity index (χ2v) is 25.1. The third-order valence-electron chi connectivity index (χ3n) is 12.8. The van der Waals surface area contributed by atoms with Crippen LogP contribution in [0.4, 0.5) is 49.7 Å². The maximum Gasteiger partial charge on any atom is 0.472 e. The number of hydrogen-bond acceptors (Lipinski definition) is 13. The molecule has 2 amide bonds. The van der Waals surface area contributed by atoms with E-state index < -0.39 is 191 Å². The van der Waals surface area contributed by atoms with Crippen LogP contribution in [0.2, 0.25) is 5.02 Å². The van der Waals surface area contributed by atoms with Crippen LogP contribution in [0, 0.1) is 29.4 Å². The zero-order valence-corrected chi connectivity index (χ0v) is 45.0. The van der Waals surface area contributed by atoms with E-state index in [2.05, 4.69) is 36.9 Å². The largest absolute Gasteiger partial charge is 0.472 e. The Morgan fingerprint density at radius 3 is 2.15 bits per heavy atom. The summed E-state index contributed by atoms with van der Waals surface area (Å²) in [7, 11) is -14.3. The van der Waals surface area contributed by atoms with Gasteiger partial charge in [-0.25, -0.2) is 44.5 Å². The summed E-state index contributed by atoms with van der Waals surface area (Å²) in [6.45, 7) is -2.46. The Bertz CT molecular complexity index is 3930. The topological polar surface area (TPSA) is 259 Å². The highest BCUT2D eigenvalue weighted by Gasteiger charge is 2.68. The number of alkyl halides is 8. The zero-order chi connectivity index (χ0) is 59.9. The molecule has 6 aromatic rings. The molecule has 8 rings (SSSR count). The quantitative estimate of drug-likeness (QED) is 0.0272. The Labute approximate surface area is 456 Å². The summed E-state index contributed by atoms with van der Waals surface area (Å²) in [5, 5.41) is 8.31. The molecule has 3 aromatic heterocycles. The number of sulfonamides is 1. The monoisotopic (exact) mass is 1230 g/mol. The van der Waals surface area contributed by atoms with Gasteiger partial charge < -0.3 is 19.8 Å². The van der Waals surface area contributed by atoms with Crippen LogP contribution in [0.15, 0.2) is 66.7 Å². The molecule has 0 spiro atoms. The Hall–Kier alpha value is -6.94. The number of ether oxygens (including phenoxy) is 1. The average Bonchev–Trinajstić information content (AvgIpc) is 3.96. The molecule has 3 N–H and O–H groups in total. The molecular weight excluding hydrogens is 1190 g/mol. The number of amides is 2. The number of nitrogens with zero attached hydrogens (tertiary/aromatic N) is 6. The number of rotatable bonds is 16. The molecule has 432 valence electrons. The third-order valence-corrected chi connectivity index (χ3v) is 16.5. The Kier molecular flexibility index (Phi) is 15.7. The van der Waals surface area contributed by atoms with Crippen molar-refractivity contribution in [2.45, 2.75) is 74.8 Å². The van der Waals surface area contributed by atoms with Crippen molar-refractivity contribution in [3.63, 3.8) is 0 Å². The number of nitrogens with one attached hydrogen (secondary N) is 1. The van der Waals surface area contributed by atoms with Crippen LogP contribution in [-0.2, 0) is 70.1 Å². The van der Waals surface area contributed by atoms with Crippen molar-refractivity contribution in [1.29, 1.82) is 0 Å². The van der Waals surface area contributed by atoms with Gasteiger partial charge in [-0.05, 0) is 86.6 Å². The van der Waals surface area contributed by atoms with Crippen LogP contribution < -0.4 is 9.62 Å². The second-order valence-electron chi connectivity index (χ2n) is 19.1. The minimum Gasteiger partial charge on any atom is -0.434 e. The maximum absolute atomic E-state index is 15.7. The van der Waals surface area contributed by atoms with E-state index in [1.807, 2.05) is 0 Å². The maximum atomic E-state index is 15.7. The number of aromatic nitrogens is 5. The van der Waals surface area contributed by atoms with Crippen LogP contribution in [0.5, 0.6) is 0 Å². The first kappa shape index (κ1) is 60.2. The average molecular weight is 1230 g/mol. The number of esters is 1. The number of anilines is 1. The van der Waals surface area contributed by atoms with Gasteiger partial charge in [-0.2, -0.15) is 49.6 Å². The molecule has 2 aliphatic carbocycles. The highest BCUT2D eigenvalue weighted by Crippen LogP contribution is 2.68. The Morgan fingerprint density at radius 2 is 1.56 bits per heavy atom. The zero-order valence-electron chi connectivity index (χ0n) is 41.7. The van der Waals surface area contributed by atoms with Crippen molar-refractivity contribution < 1.29 is 98.7 Å². The second kappa shape index (κ2) is 21.1. The van der Waals surface area contributed by atoms with Crippen LogP contribution in [0.1, 0.15) is 86.8 Å². The van der Waals surface area contributed by atoms with Crippen molar-refractivity contribution in [3.05, 3.63) is 128 Å². The van der Waals surface area contributed by atoms with Gasteiger partial charge in [0.1, 0.15) is 40.9 Å². The first-order valence-electron chi connectivity index (χ1n) is 23.1. The number of phosphoric acid groups is 1. The number of fused-ring (bicyclic) bond motifs is 4. The van der Waals surface area contributed by atoms with Gasteiger partial charge in [0, 0.05) is 34.9 Å². The summed E-state index contributed by atoms with van der Waals surface area (Å²) in [6, 6.07) is 8.27. The summed E-state index contributed by atoms with van der Waals surface area (Å²) in [5.74, 6) is -9.80. The number of pyridine rings is 1. The van der Waals surface area contributed by atoms with E-state index in [0.717, 1.165) is 66.9 Å². The first-order chi connectivity index (χ1) is 37.3. The smallest absolute Gasteiger partial charge is 0.434 e. The van der Waals surface area contributed by atoms with E-state index in [-0.39, 0.29) is 31.3 Å². The van der Waals surface area contributed by atoms with Crippen molar-refractivity contribution in [1.82, 2.24) is 29.9 Å². The molecule has 2 aliphatic rings. The van der Waals surface area contributed by atoms with Crippen molar-refractivity contribution in [2.24, 2.45) is 5.92 Å². The fourth-order valence-corrected chi connectivity index (χ4v) is 10.5. The molecule has 19 nitrogen and oxygen atoms in total. The summed E-state index contributed by atoms with van der Waals surface area (Å²) in [6.07, 6.45) is -10.4. The van der Waals surface area contributed by atoms with Crippen LogP contribution >= 0.6 is 19.4 Å². The van der Waals surface area contributed by atoms with E-state index >= 15 is 8.78 Å². The number of phosphoric ester groups is 1. The number of carbonyl (C=O) groups excluding carboxylic acids is 3. The molecule has 1 saturated carbocycles. The highest BCUT2D eigenvalue weighted by atomic mass is 35.5. The van der Waals surface area contributed by atoms with Crippen LogP contribution in [-0.4, -0.2) is 99.2 Å². The number of benzene rings is 3. The lowest BCUT2D eigenvalue weighted by molar-refractivity contribution is -0.143. The van der Waals surface area contributed by atoms with E-state index in [0.29, 0.717) is 12.3 Å². The summed E-state index contributed by atoms with van der Waals surface area (Å²) < 4.78 is 220. The lowest BCUT2D eigenvalue weighted by Crippen LogP contribution is -2.37. The minimum atomic E-state index is -5.27. The predicted molar refractivity (Wildman–Crippen MR) is 264 cm³/mol. The molecule has 3 atom stereocenters. The minimum absolute atomic E-state index is 0.137. The van der Waals surface area contributed by atoms with E-state index in [4.69, 9.17) is 26.1 Å². The van der Waals surface area contributed by atoms with Gasteiger partial charge in [0.25, 0.3) is 11.8 Å². The van der Waals surface area contributed by atoms with Gasteiger partial charge in [0.2, 0.25) is 22.7 Å². The van der Waals surface area contributed by atoms with Crippen molar-refractivity contribution >= 4 is 73.8 Å². The van der Waals surface area contributed by atoms with Gasteiger partial charge in [-0.1, -0.05) is 35.7 Å². The van der Waals surface area contributed by atoms with Crippen molar-refractivity contribution in [3.8, 4) is 23.0 Å². The SMILES string of the molecule is CC(C)(C#Cc1ccc(-c2ccc(Cl)c3c(N(C(=O)c4ccccc4C(=O)OCOP(=O)(O)O)S(C)(=O)=O)nn(CC(F)(F)F)c23)c(C(Cc2cc(F)cc(F)c2)NC(=O)Cn2nc(C(F)(F)F)c3c2C(F)(F)[C@@H]2C[C@H]32)n1)S(C)(=O)=O. The van der Waals surface area contributed by atoms with E-state index in [9.17, 15) is 70.9 Å². The van der Waals surface area contributed by atoms with Gasteiger partial charge >= 0.3 is 26.1 Å². The number of sulfone groups is 1. The van der Waals surface area contributed by atoms with E-state index in [1.165, 1.54) is 13.8 Å². The van der Waals surface area contributed by atoms with Gasteiger partial charge in [-0.3, -0.25) is 19.0 Å². The molecule has 3 heterocycles. The fourth-order valence-electron chi connectivity index (χ4n) is 8.99. The number of carbonyl (C=O) groups is 3. The lowest BCUT2D eigenvalue weighted by Gasteiger charge is -2.23. The predicted octanol–water partition coefficient (Wildman–Crippen LogP) is 8.12. The fraction of sp³-hybridized carbons (Fsp3) is 0.333. The van der Waals surface area contributed by atoms with Gasteiger partial charge in [-0.15, -0.1) is 0 Å². The molecule has 0 aliphatic heterocycles.